The van der Waals surface area contributed by atoms with Gasteiger partial charge in [0.2, 0.25) is 0 Å². The molecule has 0 aliphatic heterocycles. The second-order valence-corrected chi connectivity index (χ2v) is 5.00. The van der Waals surface area contributed by atoms with Gasteiger partial charge in [-0.2, -0.15) is 0 Å². The van der Waals surface area contributed by atoms with Gasteiger partial charge in [0.25, 0.3) is 0 Å². The van der Waals surface area contributed by atoms with E-state index in [4.69, 9.17) is 4.74 Å². The van der Waals surface area contributed by atoms with E-state index >= 15 is 0 Å². The Kier molecular flexibility index (Phi) is 3.37. The number of Topliss-reactive ketones (excluding diaryl/α,β-unsaturated/α-hetero) is 1. The standard InChI is InChI=1S/C16H15NO3/c18-15-6-12(13-8-17-9-14(13)15)7-16(19)20-10-11-4-2-1-3-5-11/h1-5,8-9,12,17H,6-7,10H2. The number of H-pyrrole nitrogens is 1. The summed E-state index contributed by atoms with van der Waals surface area (Å²) in [5.41, 5.74) is 2.61. The SMILES string of the molecule is O=C(CC1CC(=O)c2c[nH]cc21)OCc1ccccc1. The second-order valence-electron chi connectivity index (χ2n) is 5.00. The summed E-state index contributed by atoms with van der Waals surface area (Å²) in [5, 5.41) is 0. The van der Waals surface area contributed by atoms with Gasteiger partial charge in [0.05, 0.1) is 6.42 Å². The lowest BCUT2D eigenvalue weighted by molar-refractivity contribution is -0.145. The van der Waals surface area contributed by atoms with Crippen LogP contribution in [0.3, 0.4) is 0 Å². The Morgan fingerprint density at radius 1 is 1.25 bits per heavy atom. The van der Waals surface area contributed by atoms with Gasteiger partial charge in [0.15, 0.2) is 5.78 Å². The summed E-state index contributed by atoms with van der Waals surface area (Å²) >= 11 is 0. The van der Waals surface area contributed by atoms with Crippen LogP contribution in [-0.4, -0.2) is 16.7 Å². The highest BCUT2D eigenvalue weighted by Gasteiger charge is 2.31. The fourth-order valence-corrected chi connectivity index (χ4v) is 2.58. The van der Waals surface area contributed by atoms with Gasteiger partial charge in [0.1, 0.15) is 6.61 Å². The van der Waals surface area contributed by atoms with Gasteiger partial charge in [-0.1, -0.05) is 30.3 Å². The van der Waals surface area contributed by atoms with E-state index < -0.39 is 0 Å². The fraction of sp³-hybridized carbons (Fsp3) is 0.250. The number of carbonyl (C=O) groups excluding carboxylic acids is 2. The molecule has 2 aromatic rings. The van der Waals surface area contributed by atoms with Gasteiger partial charge in [-0.3, -0.25) is 9.59 Å². The number of hydrogen-bond acceptors (Lipinski definition) is 3. The van der Waals surface area contributed by atoms with E-state index in [-0.39, 0.29) is 30.7 Å². The number of hydrogen-bond donors (Lipinski definition) is 1. The highest BCUT2D eigenvalue weighted by Crippen LogP contribution is 2.35. The van der Waals surface area contributed by atoms with Gasteiger partial charge >= 0.3 is 5.97 Å². The average Bonchev–Trinajstić information content (AvgIpc) is 3.04. The zero-order valence-electron chi connectivity index (χ0n) is 11.0. The van der Waals surface area contributed by atoms with Crippen LogP contribution in [0, 0.1) is 0 Å². The van der Waals surface area contributed by atoms with E-state index in [0.29, 0.717) is 12.0 Å². The zero-order valence-corrected chi connectivity index (χ0v) is 11.0. The molecule has 4 nitrogen and oxygen atoms in total. The third kappa shape index (κ3) is 2.50. The number of aromatic nitrogens is 1. The Hall–Kier alpha value is -2.36. The molecule has 0 saturated heterocycles. The maximum atomic E-state index is 11.9. The van der Waals surface area contributed by atoms with Crippen LogP contribution < -0.4 is 0 Å². The predicted octanol–water partition coefficient (Wildman–Crippen LogP) is 2.82. The number of nitrogens with one attached hydrogen (secondary N) is 1. The number of ether oxygens (including phenoxy) is 1. The third-order valence-corrected chi connectivity index (χ3v) is 3.61. The number of rotatable bonds is 4. The number of carbonyl (C=O) groups is 2. The number of esters is 1. The van der Waals surface area contributed by atoms with Crippen molar-refractivity contribution in [2.75, 3.05) is 0 Å². The van der Waals surface area contributed by atoms with Crippen LogP contribution >= 0.6 is 0 Å². The van der Waals surface area contributed by atoms with Crippen molar-refractivity contribution in [1.29, 1.82) is 0 Å². The van der Waals surface area contributed by atoms with Gasteiger partial charge in [-0.05, 0) is 11.1 Å². The Labute approximate surface area is 116 Å². The Balaban J connectivity index is 1.57. The topological polar surface area (TPSA) is 59.2 Å². The monoisotopic (exact) mass is 269 g/mol. The molecule has 0 amide bonds. The van der Waals surface area contributed by atoms with Crippen LogP contribution in [0.5, 0.6) is 0 Å². The van der Waals surface area contributed by atoms with E-state index in [2.05, 4.69) is 4.98 Å². The number of aromatic amines is 1. The molecule has 1 N–H and O–H groups in total. The molecule has 1 aromatic carbocycles. The van der Waals surface area contributed by atoms with Crippen LogP contribution in [0.25, 0.3) is 0 Å². The summed E-state index contributed by atoms with van der Waals surface area (Å²) < 4.78 is 5.26. The van der Waals surface area contributed by atoms with Crippen molar-refractivity contribution in [1.82, 2.24) is 4.98 Å². The van der Waals surface area contributed by atoms with Crippen LogP contribution in [0.15, 0.2) is 42.7 Å². The van der Waals surface area contributed by atoms with E-state index in [1.54, 1.807) is 12.4 Å². The molecular weight excluding hydrogens is 254 g/mol. The van der Waals surface area contributed by atoms with E-state index in [1.807, 2.05) is 30.3 Å². The van der Waals surface area contributed by atoms with Crippen LogP contribution in [-0.2, 0) is 16.1 Å². The van der Waals surface area contributed by atoms with E-state index in [1.165, 1.54) is 0 Å². The number of benzene rings is 1. The first-order valence-corrected chi connectivity index (χ1v) is 6.63. The maximum Gasteiger partial charge on any atom is 0.306 e. The molecule has 0 bridgehead atoms. The minimum atomic E-state index is -0.263. The molecule has 0 radical (unpaired) electrons. The Morgan fingerprint density at radius 3 is 2.85 bits per heavy atom. The minimum absolute atomic E-state index is 0.0491. The molecule has 1 unspecified atom stereocenters. The largest absolute Gasteiger partial charge is 0.461 e. The lowest BCUT2D eigenvalue weighted by Crippen LogP contribution is -2.09. The minimum Gasteiger partial charge on any atom is -0.461 e. The molecule has 4 heteroatoms. The van der Waals surface area contributed by atoms with Crippen LogP contribution in [0.2, 0.25) is 0 Å². The first kappa shape index (κ1) is 12.7. The van der Waals surface area contributed by atoms with Gasteiger partial charge < -0.3 is 9.72 Å². The summed E-state index contributed by atoms with van der Waals surface area (Å²) in [7, 11) is 0. The molecule has 3 rings (SSSR count). The second kappa shape index (κ2) is 5.33. The lowest BCUT2D eigenvalue weighted by atomic mass is 10.0. The molecule has 1 aliphatic carbocycles. The first-order chi connectivity index (χ1) is 9.74. The number of ketones is 1. The van der Waals surface area contributed by atoms with Crippen molar-refractivity contribution in [3.63, 3.8) is 0 Å². The van der Waals surface area contributed by atoms with Gasteiger partial charge in [0, 0.05) is 30.3 Å². The van der Waals surface area contributed by atoms with Crippen LogP contribution in [0.4, 0.5) is 0 Å². The maximum absolute atomic E-state index is 11.9. The lowest BCUT2D eigenvalue weighted by Gasteiger charge is -2.09. The summed E-state index contributed by atoms with van der Waals surface area (Å²) in [4.78, 5) is 26.5. The average molecular weight is 269 g/mol. The van der Waals surface area contributed by atoms with E-state index in [0.717, 1.165) is 11.1 Å². The molecule has 0 saturated carbocycles. The predicted molar refractivity (Wildman–Crippen MR) is 73.3 cm³/mol. The molecule has 1 aliphatic rings. The quantitative estimate of drug-likeness (QED) is 0.868. The Morgan fingerprint density at radius 2 is 2.05 bits per heavy atom. The number of fused-ring (bicyclic) bond motifs is 1. The summed E-state index contributed by atoms with van der Waals surface area (Å²) in [6.07, 6.45) is 4.16. The normalized spacial score (nSPS) is 17.0. The van der Waals surface area contributed by atoms with Crippen molar-refractivity contribution >= 4 is 11.8 Å². The smallest absolute Gasteiger partial charge is 0.306 e. The van der Waals surface area contributed by atoms with Crippen molar-refractivity contribution in [3.05, 3.63) is 59.4 Å². The summed E-state index contributed by atoms with van der Waals surface area (Å²) in [6.45, 7) is 0.278. The molecule has 1 aromatic heterocycles. The van der Waals surface area contributed by atoms with E-state index in [9.17, 15) is 9.59 Å². The first-order valence-electron chi connectivity index (χ1n) is 6.63. The molecule has 1 heterocycles. The Bertz CT molecular complexity index is 630. The highest BCUT2D eigenvalue weighted by molar-refractivity contribution is 6.01. The van der Waals surface area contributed by atoms with Gasteiger partial charge in [-0.25, -0.2) is 0 Å². The molecule has 0 spiro atoms. The van der Waals surface area contributed by atoms with Crippen molar-refractivity contribution in [2.24, 2.45) is 0 Å². The molecule has 102 valence electrons. The summed E-state index contributed by atoms with van der Waals surface area (Å²) in [6, 6.07) is 9.56. The third-order valence-electron chi connectivity index (χ3n) is 3.61. The molecule has 1 atom stereocenters. The van der Waals surface area contributed by atoms with Gasteiger partial charge in [-0.15, -0.1) is 0 Å². The highest BCUT2D eigenvalue weighted by atomic mass is 16.5. The van der Waals surface area contributed by atoms with Crippen molar-refractivity contribution < 1.29 is 14.3 Å². The molecule has 0 fully saturated rings. The molecular formula is C16H15NO3. The zero-order chi connectivity index (χ0) is 13.9. The fourth-order valence-electron chi connectivity index (χ4n) is 2.58. The van der Waals surface area contributed by atoms with Crippen molar-refractivity contribution in [3.8, 4) is 0 Å². The van der Waals surface area contributed by atoms with Crippen LogP contribution in [0.1, 0.15) is 40.2 Å². The van der Waals surface area contributed by atoms with Crippen molar-refractivity contribution in [2.45, 2.75) is 25.4 Å². The molecule has 20 heavy (non-hydrogen) atoms. The summed E-state index contributed by atoms with van der Waals surface area (Å²) in [5.74, 6) is -0.213.